The second kappa shape index (κ2) is 7.76. The van der Waals surface area contributed by atoms with Crippen LogP contribution < -0.4 is 4.90 Å². The Morgan fingerprint density at radius 2 is 2.03 bits per heavy atom. The second-order valence-electron chi connectivity index (χ2n) is 7.85. The van der Waals surface area contributed by atoms with Crippen LogP contribution in [0.2, 0.25) is 0 Å². The van der Waals surface area contributed by atoms with Crippen LogP contribution in [0, 0.1) is 18.3 Å². The minimum Gasteiger partial charge on any atom is -0.475 e. The predicted molar refractivity (Wildman–Crippen MR) is 97.3 cm³/mol. The van der Waals surface area contributed by atoms with Crippen LogP contribution in [0.1, 0.15) is 35.5 Å². The fourth-order valence-electron chi connectivity index (χ4n) is 3.78. The van der Waals surface area contributed by atoms with E-state index in [-0.39, 0.29) is 5.41 Å². The first kappa shape index (κ1) is 21.0. The van der Waals surface area contributed by atoms with E-state index in [1.54, 1.807) is 11.3 Å². The molecule has 0 aromatic carbocycles. The first-order valence-electron chi connectivity index (χ1n) is 9.41. The average Bonchev–Trinajstić information content (AvgIpc) is 2.98. The Labute approximate surface area is 173 Å². The molecule has 3 aliphatic rings. The summed E-state index contributed by atoms with van der Waals surface area (Å²) in [7, 11) is 0. The van der Waals surface area contributed by atoms with Gasteiger partial charge in [-0.05, 0) is 19.8 Å². The van der Waals surface area contributed by atoms with Crippen molar-refractivity contribution in [2.75, 3.05) is 31.2 Å². The van der Waals surface area contributed by atoms with Gasteiger partial charge in [-0.25, -0.2) is 4.79 Å². The average molecular weight is 447 g/mol. The predicted octanol–water partition coefficient (Wildman–Crippen LogP) is 2.44. The molecule has 1 N–H and O–H groups in total. The van der Waals surface area contributed by atoms with Gasteiger partial charge in [0.05, 0.1) is 13.2 Å². The summed E-state index contributed by atoms with van der Waals surface area (Å²) < 4.78 is 43.4. The third-order valence-corrected chi connectivity index (χ3v) is 6.36. The van der Waals surface area contributed by atoms with Gasteiger partial charge in [-0.2, -0.15) is 13.2 Å². The lowest BCUT2D eigenvalue weighted by Gasteiger charge is -2.25. The molecule has 1 aliphatic carbocycles. The Morgan fingerprint density at radius 1 is 1.30 bits per heavy atom. The lowest BCUT2D eigenvalue weighted by molar-refractivity contribution is -0.192. The molecule has 164 valence electrons. The van der Waals surface area contributed by atoms with E-state index >= 15 is 0 Å². The van der Waals surface area contributed by atoms with Gasteiger partial charge in [0.2, 0.25) is 16.9 Å². The van der Waals surface area contributed by atoms with Crippen molar-refractivity contribution in [1.82, 2.24) is 20.4 Å². The summed E-state index contributed by atoms with van der Waals surface area (Å²) in [4.78, 5) is 11.2. The number of aryl methyl sites for hydroxylation is 1. The number of carboxylic acid groups (broad SMARTS) is 1. The number of ether oxygens (including phenoxy) is 1. The van der Waals surface area contributed by atoms with Crippen LogP contribution in [-0.4, -0.2) is 64.0 Å². The topological polar surface area (TPSA) is 114 Å². The van der Waals surface area contributed by atoms with Crippen molar-refractivity contribution in [3.05, 3.63) is 16.8 Å². The van der Waals surface area contributed by atoms with Gasteiger partial charge in [0, 0.05) is 36.8 Å². The zero-order chi connectivity index (χ0) is 21.5. The maximum atomic E-state index is 10.6. The van der Waals surface area contributed by atoms with Crippen molar-refractivity contribution in [1.29, 1.82) is 0 Å². The zero-order valence-corrected chi connectivity index (χ0v) is 16.9. The Balaban J connectivity index is 0.000000272. The fraction of sp³-hybridized carbons (Fsp3) is 0.706. The highest BCUT2D eigenvalue weighted by atomic mass is 32.1. The van der Waals surface area contributed by atoms with Crippen LogP contribution in [-0.2, 0) is 16.0 Å². The highest BCUT2D eigenvalue weighted by Gasteiger charge is 2.52. The minimum absolute atomic E-state index is 0.0624. The van der Waals surface area contributed by atoms with E-state index in [1.807, 2.05) is 6.92 Å². The number of halogens is 3. The third-order valence-electron chi connectivity index (χ3n) is 5.46. The van der Waals surface area contributed by atoms with E-state index in [9.17, 15) is 13.2 Å². The van der Waals surface area contributed by atoms with Gasteiger partial charge < -0.3 is 19.2 Å². The van der Waals surface area contributed by atoms with Gasteiger partial charge in [0.25, 0.3) is 0 Å². The van der Waals surface area contributed by atoms with Crippen molar-refractivity contribution in [3.8, 4) is 0 Å². The van der Waals surface area contributed by atoms with Crippen molar-refractivity contribution >= 4 is 22.4 Å². The summed E-state index contributed by atoms with van der Waals surface area (Å²) in [5.41, 5.74) is 0.0624. The summed E-state index contributed by atoms with van der Waals surface area (Å²) in [6, 6.07) is 0. The fourth-order valence-corrected chi connectivity index (χ4v) is 4.47. The largest absolute Gasteiger partial charge is 0.490 e. The van der Waals surface area contributed by atoms with Crippen LogP contribution in [0.15, 0.2) is 4.42 Å². The number of fused-ring (bicyclic) bond motifs is 1. The molecule has 2 aromatic heterocycles. The van der Waals surface area contributed by atoms with Gasteiger partial charge in [-0.3, -0.25) is 0 Å². The van der Waals surface area contributed by atoms with Crippen LogP contribution in [0.4, 0.5) is 18.3 Å². The minimum atomic E-state index is -5.08. The van der Waals surface area contributed by atoms with Crippen molar-refractivity contribution in [3.63, 3.8) is 0 Å². The molecule has 2 aromatic rings. The molecule has 2 aliphatic heterocycles. The van der Waals surface area contributed by atoms with E-state index in [2.05, 4.69) is 25.3 Å². The van der Waals surface area contributed by atoms with Gasteiger partial charge in [0.1, 0.15) is 5.01 Å². The second-order valence-corrected chi connectivity index (χ2v) is 9.01. The smallest absolute Gasteiger partial charge is 0.475 e. The van der Waals surface area contributed by atoms with Crippen LogP contribution in [0.25, 0.3) is 0 Å². The Bertz CT molecular complexity index is 915. The molecule has 2 atom stereocenters. The van der Waals surface area contributed by atoms with E-state index in [0.717, 1.165) is 54.6 Å². The van der Waals surface area contributed by atoms with Crippen LogP contribution in [0.5, 0.6) is 0 Å². The number of aromatic nitrogens is 4. The lowest BCUT2D eigenvalue weighted by Crippen LogP contribution is -2.33. The number of carboxylic acids is 1. The molecule has 0 amide bonds. The number of anilines is 1. The molecule has 4 heterocycles. The van der Waals surface area contributed by atoms with E-state index in [0.29, 0.717) is 11.8 Å². The van der Waals surface area contributed by atoms with Crippen LogP contribution in [0.3, 0.4) is 0 Å². The number of carbonyl (C=O) groups is 1. The maximum absolute atomic E-state index is 10.6. The Morgan fingerprint density at radius 3 is 2.63 bits per heavy atom. The van der Waals surface area contributed by atoms with Gasteiger partial charge in [-0.1, -0.05) is 11.3 Å². The number of nitrogens with zero attached hydrogens (tertiary/aromatic N) is 5. The van der Waals surface area contributed by atoms with E-state index in [4.69, 9.17) is 19.1 Å². The number of hydrogen-bond donors (Lipinski definition) is 1. The van der Waals surface area contributed by atoms with Gasteiger partial charge in [-0.15, -0.1) is 20.4 Å². The molecule has 2 saturated heterocycles. The standard InChI is InChI=1S/C15H19N5O2S.C2HF3O2/c1-9-16-19-14(23-9)20-5-11-6-21-8-15(11,7-20)4-12-17-18-13(22-12)10-2-3-10;3-2(4,5)1(6)7/h10-11H,2-8H2,1H3;(H,6,7)/t11-,15+;/m1./s1. The molecule has 3 fully saturated rings. The molecule has 0 radical (unpaired) electrons. The van der Waals surface area contributed by atoms with E-state index < -0.39 is 12.1 Å². The molecule has 0 spiro atoms. The quantitative estimate of drug-likeness (QED) is 0.755. The molecule has 5 rings (SSSR count). The molecule has 1 saturated carbocycles. The third kappa shape index (κ3) is 4.41. The Kier molecular flexibility index (Phi) is 5.43. The number of alkyl halides is 3. The van der Waals surface area contributed by atoms with Crippen molar-refractivity contribution in [2.45, 2.75) is 38.3 Å². The summed E-state index contributed by atoms with van der Waals surface area (Å²) in [5.74, 6) is -0.177. The highest BCUT2D eigenvalue weighted by molar-refractivity contribution is 7.15. The van der Waals surface area contributed by atoms with E-state index in [1.165, 1.54) is 12.8 Å². The van der Waals surface area contributed by atoms with Crippen LogP contribution >= 0.6 is 11.3 Å². The first-order chi connectivity index (χ1) is 14.2. The first-order valence-corrected chi connectivity index (χ1v) is 10.2. The number of hydrogen-bond acceptors (Lipinski definition) is 9. The molecular weight excluding hydrogens is 427 g/mol. The Hall–Kier alpha value is -2.28. The zero-order valence-electron chi connectivity index (χ0n) is 16.1. The van der Waals surface area contributed by atoms with Crippen molar-refractivity contribution in [2.24, 2.45) is 11.3 Å². The monoisotopic (exact) mass is 447 g/mol. The summed E-state index contributed by atoms with van der Waals surface area (Å²) >= 11 is 1.66. The maximum Gasteiger partial charge on any atom is 0.490 e. The summed E-state index contributed by atoms with van der Waals surface area (Å²) in [6.07, 6.45) is -1.92. The van der Waals surface area contributed by atoms with Gasteiger partial charge >= 0.3 is 12.1 Å². The molecule has 9 nitrogen and oxygen atoms in total. The molecule has 0 unspecified atom stereocenters. The van der Waals surface area contributed by atoms with Gasteiger partial charge in [0.15, 0.2) is 0 Å². The SMILES string of the molecule is Cc1nnc(N2C[C@@H]3COC[C@]3(Cc3nnc(C4CC4)o3)C2)s1.O=C(O)C(F)(F)F. The summed E-state index contributed by atoms with van der Waals surface area (Å²) in [5, 5.41) is 26.1. The van der Waals surface area contributed by atoms with Crippen molar-refractivity contribution < 1.29 is 32.2 Å². The molecule has 0 bridgehead atoms. The molecule has 30 heavy (non-hydrogen) atoms. The summed E-state index contributed by atoms with van der Waals surface area (Å²) in [6.45, 7) is 5.45. The molecule has 13 heteroatoms. The number of rotatable bonds is 4. The molecular formula is C17H20F3N5O4S. The highest BCUT2D eigenvalue weighted by Crippen LogP contribution is 2.46. The normalized spacial score (nSPS) is 25.7. The lowest BCUT2D eigenvalue weighted by atomic mass is 9.78. The number of aliphatic carboxylic acids is 1.